The summed E-state index contributed by atoms with van der Waals surface area (Å²) in [5, 5.41) is 19.8. The molecule has 0 unspecified atom stereocenters. The number of halogens is 2. The van der Waals surface area contributed by atoms with Crippen molar-refractivity contribution >= 4 is 34.8 Å². The highest BCUT2D eigenvalue weighted by atomic mass is 35.5. The molecule has 20 heavy (non-hydrogen) atoms. The highest BCUT2D eigenvalue weighted by molar-refractivity contribution is 6.43. The highest BCUT2D eigenvalue weighted by Crippen LogP contribution is 2.39. The first-order chi connectivity index (χ1) is 9.41. The average molecular weight is 309 g/mol. The molecule has 100 valence electrons. The van der Waals surface area contributed by atoms with Gasteiger partial charge in [-0.15, -0.1) is 0 Å². The van der Waals surface area contributed by atoms with E-state index >= 15 is 0 Å². The van der Waals surface area contributed by atoms with Crippen LogP contribution in [0.4, 0.5) is 0 Å². The zero-order chi connectivity index (χ0) is 14.6. The third-order valence-electron chi connectivity index (χ3n) is 3.17. The zero-order valence-corrected chi connectivity index (χ0v) is 11.3. The van der Waals surface area contributed by atoms with Crippen molar-refractivity contribution in [1.82, 2.24) is 0 Å². The van der Waals surface area contributed by atoms with Crippen LogP contribution in [-0.2, 0) is 0 Å². The minimum atomic E-state index is -0.582. The first kappa shape index (κ1) is 13.0. The third-order valence-corrected chi connectivity index (χ3v) is 3.89. The molecule has 0 radical (unpaired) electrons. The summed E-state index contributed by atoms with van der Waals surface area (Å²) in [4.78, 5) is 24.7. The molecule has 2 N–H and O–H groups in total. The van der Waals surface area contributed by atoms with E-state index in [4.69, 9.17) is 23.2 Å². The number of phenolic OH excluding ortho intramolecular Hbond substituents is 2. The van der Waals surface area contributed by atoms with Crippen LogP contribution in [0.15, 0.2) is 24.3 Å². The fraction of sp³-hybridized carbons (Fsp3) is 0. The standard InChI is InChI=1S/C14H6Cl2O4/c15-7-3-5-6(4-8(7)16)14(20)12-10(18)2-1-9(17)11(12)13(5)19/h1-4,17-18H. The van der Waals surface area contributed by atoms with Crippen molar-refractivity contribution in [2.45, 2.75) is 0 Å². The molecule has 0 spiro atoms. The Bertz CT molecular complexity index is 730. The molecule has 2 aromatic rings. The molecule has 0 amide bonds. The molecule has 0 saturated heterocycles. The van der Waals surface area contributed by atoms with Gasteiger partial charge >= 0.3 is 0 Å². The maximum atomic E-state index is 12.4. The van der Waals surface area contributed by atoms with E-state index < -0.39 is 11.6 Å². The molecule has 0 aromatic heterocycles. The van der Waals surface area contributed by atoms with Crippen molar-refractivity contribution in [2.75, 3.05) is 0 Å². The number of hydrogen-bond donors (Lipinski definition) is 2. The predicted octanol–water partition coefficient (Wildman–Crippen LogP) is 3.18. The summed E-state index contributed by atoms with van der Waals surface area (Å²) < 4.78 is 0. The number of carbonyl (C=O) groups is 2. The van der Waals surface area contributed by atoms with Gasteiger partial charge in [0.05, 0.1) is 21.2 Å². The molecule has 4 nitrogen and oxygen atoms in total. The Morgan fingerprint density at radius 1 is 0.750 bits per heavy atom. The number of phenols is 2. The van der Waals surface area contributed by atoms with E-state index in [0.29, 0.717) is 0 Å². The Morgan fingerprint density at radius 2 is 1.10 bits per heavy atom. The Kier molecular flexibility index (Phi) is 2.74. The van der Waals surface area contributed by atoms with Crippen LogP contribution < -0.4 is 0 Å². The number of hydrogen-bond acceptors (Lipinski definition) is 4. The summed E-state index contributed by atoms with van der Waals surface area (Å²) in [6.45, 7) is 0. The van der Waals surface area contributed by atoms with Crippen molar-refractivity contribution in [3.05, 3.63) is 56.6 Å². The topological polar surface area (TPSA) is 74.6 Å². The molecular formula is C14H6Cl2O4. The number of benzene rings is 2. The second kappa shape index (κ2) is 4.23. The minimum absolute atomic E-state index is 0.0535. The molecule has 0 aliphatic heterocycles. The summed E-state index contributed by atoms with van der Waals surface area (Å²) >= 11 is 11.7. The fourth-order valence-corrected chi connectivity index (χ4v) is 2.56. The largest absolute Gasteiger partial charge is 0.507 e. The maximum Gasteiger partial charge on any atom is 0.198 e. The molecule has 1 aliphatic carbocycles. The van der Waals surface area contributed by atoms with Gasteiger partial charge in [0.25, 0.3) is 0 Å². The van der Waals surface area contributed by atoms with E-state index in [9.17, 15) is 19.8 Å². The van der Waals surface area contributed by atoms with E-state index in [0.717, 1.165) is 12.1 Å². The molecular weight excluding hydrogens is 303 g/mol. The first-order valence-corrected chi connectivity index (χ1v) is 6.30. The van der Waals surface area contributed by atoms with Gasteiger partial charge in [-0.3, -0.25) is 9.59 Å². The van der Waals surface area contributed by atoms with Crippen LogP contribution in [0.3, 0.4) is 0 Å². The van der Waals surface area contributed by atoms with Gasteiger partial charge < -0.3 is 10.2 Å². The molecule has 2 aromatic carbocycles. The van der Waals surface area contributed by atoms with Crippen molar-refractivity contribution < 1.29 is 19.8 Å². The highest BCUT2D eigenvalue weighted by Gasteiger charge is 2.34. The van der Waals surface area contributed by atoms with Gasteiger partial charge in [-0.2, -0.15) is 0 Å². The van der Waals surface area contributed by atoms with Gasteiger partial charge in [0.2, 0.25) is 0 Å². The summed E-state index contributed by atoms with van der Waals surface area (Å²) in [6, 6.07) is 4.88. The average Bonchev–Trinajstić information content (AvgIpc) is 2.41. The second-order valence-electron chi connectivity index (χ2n) is 4.32. The molecule has 0 fully saturated rings. The fourth-order valence-electron chi connectivity index (χ4n) is 2.23. The van der Waals surface area contributed by atoms with Gasteiger partial charge in [-0.05, 0) is 24.3 Å². The van der Waals surface area contributed by atoms with E-state index in [1.54, 1.807) is 0 Å². The minimum Gasteiger partial charge on any atom is -0.507 e. The molecule has 3 rings (SSSR count). The van der Waals surface area contributed by atoms with Gasteiger partial charge in [0.1, 0.15) is 11.5 Å². The van der Waals surface area contributed by atoms with Gasteiger partial charge in [0.15, 0.2) is 11.6 Å². The van der Waals surface area contributed by atoms with Gasteiger partial charge in [0, 0.05) is 11.1 Å². The number of ketones is 2. The molecule has 0 atom stereocenters. The zero-order valence-electron chi connectivity index (χ0n) is 9.78. The predicted molar refractivity (Wildman–Crippen MR) is 73.1 cm³/mol. The van der Waals surface area contributed by atoms with Crippen LogP contribution in [0.25, 0.3) is 0 Å². The number of carbonyl (C=O) groups excluding carboxylic acids is 2. The Morgan fingerprint density at radius 3 is 1.45 bits per heavy atom. The van der Waals surface area contributed by atoms with E-state index in [1.165, 1.54) is 12.1 Å². The van der Waals surface area contributed by atoms with Crippen LogP contribution >= 0.6 is 23.2 Å². The van der Waals surface area contributed by atoms with Gasteiger partial charge in [-0.25, -0.2) is 0 Å². The quantitative estimate of drug-likeness (QED) is 0.625. The van der Waals surface area contributed by atoms with Gasteiger partial charge in [-0.1, -0.05) is 23.2 Å². The summed E-state index contributed by atoms with van der Waals surface area (Å²) in [5.41, 5.74) is -0.336. The SMILES string of the molecule is O=C1c2cc(Cl)c(Cl)cc2C(=O)c2c(O)ccc(O)c21. The lowest BCUT2D eigenvalue weighted by molar-refractivity contribution is 0.0974. The van der Waals surface area contributed by atoms with E-state index in [1.807, 2.05) is 0 Å². The van der Waals surface area contributed by atoms with Crippen molar-refractivity contribution in [3.8, 4) is 11.5 Å². The monoisotopic (exact) mass is 308 g/mol. The maximum absolute atomic E-state index is 12.4. The van der Waals surface area contributed by atoms with Crippen molar-refractivity contribution in [1.29, 1.82) is 0 Å². The first-order valence-electron chi connectivity index (χ1n) is 5.55. The Balaban J connectivity index is 2.40. The van der Waals surface area contributed by atoms with Crippen LogP contribution in [0.5, 0.6) is 11.5 Å². The van der Waals surface area contributed by atoms with E-state index in [-0.39, 0.29) is 43.8 Å². The molecule has 0 saturated carbocycles. The van der Waals surface area contributed by atoms with Crippen LogP contribution in [0.1, 0.15) is 31.8 Å². The lowest BCUT2D eigenvalue weighted by Gasteiger charge is -2.19. The normalized spacial score (nSPS) is 13.1. The van der Waals surface area contributed by atoms with Crippen LogP contribution in [-0.4, -0.2) is 21.8 Å². The lowest BCUT2D eigenvalue weighted by atomic mass is 9.83. The lowest BCUT2D eigenvalue weighted by Crippen LogP contribution is -2.21. The van der Waals surface area contributed by atoms with Crippen LogP contribution in [0.2, 0.25) is 10.0 Å². The summed E-state index contributed by atoms with van der Waals surface area (Å²) in [5.74, 6) is -1.90. The molecule has 1 aliphatic rings. The molecule has 6 heteroatoms. The Labute approximate surface area is 123 Å². The summed E-state index contributed by atoms with van der Waals surface area (Å²) in [7, 11) is 0. The molecule has 0 bridgehead atoms. The van der Waals surface area contributed by atoms with Crippen molar-refractivity contribution in [3.63, 3.8) is 0 Å². The van der Waals surface area contributed by atoms with Crippen LogP contribution in [0, 0.1) is 0 Å². The van der Waals surface area contributed by atoms with E-state index in [2.05, 4.69) is 0 Å². The number of fused-ring (bicyclic) bond motifs is 2. The number of aromatic hydroxyl groups is 2. The Hall–Kier alpha value is -2.04. The summed E-state index contributed by atoms with van der Waals surface area (Å²) in [6.07, 6.45) is 0. The third kappa shape index (κ3) is 1.62. The number of rotatable bonds is 0. The molecule has 0 heterocycles. The second-order valence-corrected chi connectivity index (χ2v) is 5.14. The van der Waals surface area contributed by atoms with Crippen molar-refractivity contribution in [2.24, 2.45) is 0 Å². The smallest absolute Gasteiger partial charge is 0.198 e.